The van der Waals surface area contributed by atoms with E-state index in [-0.39, 0.29) is 5.91 Å². The Labute approximate surface area is 119 Å². The third kappa shape index (κ3) is 4.39. The van der Waals surface area contributed by atoms with Gasteiger partial charge in [-0.3, -0.25) is 9.78 Å². The first-order valence-corrected chi connectivity index (χ1v) is 6.67. The summed E-state index contributed by atoms with van der Waals surface area (Å²) in [5, 5.41) is 2.88. The number of aromatic nitrogens is 1. The highest BCUT2D eigenvalue weighted by molar-refractivity contribution is 5.76. The van der Waals surface area contributed by atoms with Crippen molar-refractivity contribution in [1.29, 1.82) is 0 Å². The second kappa shape index (κ2) is 6.70. The van der Waals surface area contributed by atoms with Crippen molar-refractivity contribution >= 4 is 11.6 Å². The molecule has 4 nitrogen and oxygen atoms in total. The van der Waals surface area contributed by atoms with E-state index in [2.05, 4.69) is 10.3 Å². The molecule has 0 saturated carbocycles. The molecule has 0 unspecified atom stereocenters. The standard InChI is InChI=1S/C16H19N3O/c1-12-3-2-4-15(19-12)11-18-16(20)10-7-13-5-8-14(17)9-6-13/h2-6,8-9H,7,10-11,17H2,1H3,(H,18,20). The van der Waals surface area contributed by atoms with Gasteiger partial charge >= 0.3 is 0 Å². The molecular formula is C16H19N3O. The zero-order chi connectivity index (χ0) is 14.4. The Morgan fingerprint density at radius 2 is 1.95 bits per heavy atom. The van der Waals surface area contributed by atoms with Crippen LogP contribution in [-0.2, 0) is 17.8 Å². The Morgan fingerprint density at radius 1 is 1.20 bits per heavy atom. The molecule has 104 valence electrons. The van der Waals surface area contributed by atoms with Gasteiger partial charge in [0.2, 0.25) is 5.91 Å². The first-order chi connectivity index (χ1) is 9.63. The molecular weight excluding hydrogens is 250 g/mol. The number of amides is 1. The van der Waals surface area contributed by atoms with E-state index < -0.39 is 0 Å². The second-order valence-electron chi connectivity index (χ2n) is 4.79. The van der Waals surface area contributed by atoms with Gasteiger partial charge in [-0.1, -0.05) is 18.2 Å². The van der Waals surface area contributed by atoms with Crippen LogP contribution in [0.5, 0.6) is 0 Å². The number of hydrogen-bond acceptors (Lipinski definition) is 3. The lowest BCUT2D eigenvalue weighted by Crippen LogP contribution is -2.23. The molecule has 2 aromatic rings. The molecule has 2 rings (SSSR count). The van der Waals surface area contributed by atoms with Gasteiger partial charge in [0.1, 0.15) is 0 Å². The molecule has 20 heavy (non-hydrogen) atoms. The van der Waals surface area contributed by atoms with Crippen molar-refractivity contribution < 1.29 is 4.79 Å². The van der Waals surface area contributed by atoms with E-state index in [1.807, 2.05) is 49.4 Å². The van der Waals surface area contributed by atoms with Crippen molar-refractivity contribution in [3.05, 3.63) is 59.4 Å². The SMILES string of the molecule is Cc1cccc(CNC(=O)CCc2ccc(N)cc2)n1. The van der Waals surface area contributed by atoms with Crippen molar-refractivity contribution in [2.45, 2.75) is 26.3 Å². The van der Waals surface area contributed by atoms with E-state index in [9.17, 15) is 4.79 Å². The zero-order valence-corrected chi connectivity index (χ0v) is 11.6. The fraction of sp³-hybridized carbons (Fsp3) is 0.250. The molecule has 0 radical (unpaired) electrons. The van der Waals surface area contributed by atoms with Gasteiger partial charge in [-0.15, -0.1) is 0 Å². The molecule has 4 heteroatoms. The van der Waals surface area contributed by atoms with Crippen molar-refractivity contribution in [2.24, 2.45) is 0 Å². The van der Waals surface area contributed by atoms with E-state index in [1.54, 1.807) is 0 Å². The van der Waals surface area contributed by atoms with Crippen LogP contribution >= 0.6 is 0 Å². The topological polar surface area (TPSA) is 68.0 Å². The minimum absolute atomic E-state index is 0.0325. The van der Waals surface area contributed by atoms with Gasteiger partial charge in [0.25, 0.3) is 0 Å². The summed E-state index contributed by atoms with van der Waals surface area (Å²) in [6.07, 6.45) is 1.18. The van der Waals surface area contributed by atoms with Crippen LogP contribution in [0.25, 0.3) is 0 Å². The van der Waals surface area contributed by atoms with Gasteiger partial charge in [0.15, 0.2) is 0 Å². The number of nitrogens with two attached hydrogens (primary N) is 1. The second-order valence-corrected chi connectivity index (χ2v) is 4.79. The Kier molecular flexibility index (Phi) is 4.71. The van der Waals surface area contributed by atoms with E-state index in [0.29, 0.717) is 19.4 Å². The molecule has 3 N–H and O–H groups in total. The first-order valence-electron chi connectivity index (χ1n) is 6.67. The minimum atomic E-state index is 0.0325. The van der Waals surface area contributed by atoms with Gasteiger partial charge in [0, 0.05) is 17.8 Å². The summed E-state index contributed by atoms with van der Waals surface area (Å²) in [5.41, 5.74) is 9.31. The largest absolute Gasteiger partial charge is 0.399 e. The summed E-state index contributed by atoms with van der Waals surface area (Å²) in [5.74, 6) is 0.0325. The maximum Gasteiger partial charge on any atom is 0.220 e. The van der Waals surface area contributed by atoms with Crippen molar-refractivity contribution in [3.63, 3.8) is 0 Å². The van der Waals surface area contributed by atoms with Gasteiger partial charge in [-0.2, -0.15) is 0 Å². The zero-order valence-electron chi connectivity index (χ0n) is 11.6. The maximum absolute atomic E-state index is 11.8. The van der Waals surface area contributed by atoms with Crippen LogP contribution in [0.2, 0.25) is 0 Å². The molecule has 0 bridgehead atoms. The average Bonchev–Trinajstić information content (AvgIpc) is 2.45. The number of aryl methyl sites for hydroxylation is 2. The van der Waals surface area contributed by atoms with E-state index >= 15 is 0 Å². The van der Waals surface area contributed by atoms with Gasteiger partial charge < -0.3 is 11.1 Å². The number of nitrogens with one attached hydrogen (secondary N) is 1. The summed E-state index contributed by atoms with van der Waals surface area (Å²) in [7, 11) is 0. The first kappa shape index (κ1) is 14.1. The minimum Gasteiger partial charge on any atom is -0.399 e. The van der Waals surface area contributed by atoms with Crippen LogP contribution in [0.3, 0.4) is 0 Å². The van der Waals surface area contributed by atoms with Crippen molar-refractivity contribution in [3.8, 4) is 0 Å². The predicted molar refractivity (Wildman–Crippen MR) is 80.0 cm³/mol. The van der Waals surface area contributed by atoms with Gasteiger partial charge in [-0.05, 0) is 43.2 Å². The van der Waals surface area contributed by atoms with E-state index in [1.165, 1.54) is 0 Å². The molecule has 0 saturated heterocycles. The summed E-state index contributed by atoms with van der Waals surface area (Å²) < 4.78 is 0. The third-order valence-electron chi connectivity index (χ3n) is 3.03. The number of pyridine rings is 1. The highest BCUT2D eigenvalue weighted by Crippen LogP contribution is 2.07. The fourth-order valence-corrected chi connectivity index (χ4v) is 1.92. The smallest absolute Gasteiger partial charge is 0.220 e. The Bertz CT molecular complexity index is 579. The molecule has 0 aliphatic heterocycles. The van der Waals surface area contributed by atoms with E-state index in [0.717, 1.165) is 22.6 Å². The lowest BCUT2D eigenvalue weighted by Gasteiger charge is -2.06. The number of carbonyl (C=O) groups excluding carboxylic acids is 1. The molecule has 0 aliphatic carbocycles. The average molecular weight is 269 g/mol. The Morgan fingerprint density at radius 3 is 2.65 bits per heavy atom. The number of nitrogen functional groups attached to an aromatic ring is 1. The number of carbonyl (C=O) groups is 1. The van der Waals surface area contributed by atoms with Gasteiger partial charge in [-0.25, -0.2) is 0 Å². The lowest BCUT2D eigenvalue weighted by molar-refractivity contribution is -0.121. The number of nitrogens with zero attached hydrogens (tertiary/aromatic N) is 1. The summed E-state index contributed by atoms with van der Waals surface area (Å²) in [4.78, 5) is 16.1. The normalized spacial score (nSPS) is 10.2. The van der Waals surface area contributed by atoms with Crippen molar-refractivity contribution in [2.75, 3.05) is 5.73 Å². The van der Waals surface area contributed by atoms with Crippen LogP contribution < -0.4 is 11.1 Å². The monoisotopic (exact) mass is 269 g/mol. The van der Waals surface area contributed by atoms with Crippen LogP contribution in [0.4, 0.5) is 5.69 Å². The van der Waals surface area contributed by atoms with Crippen molar-refractivity contribution in [1.82, 2.24) is 10.3 Å². The summed E-state index contributed by atoms with van der Waals surface area (Å²) in [6.45, 7) is 2.41. The molecule has 1 amide bonds. The fourth-order valence-electron chi connectivity index (χ4n) is 1.92. The summed E-state index contributed by atoms with van der Waals surface area (Å²) in [6, 6.07) is 13.4. The lowest BCUT2D eigenvalue weighted by atomic mass is 10.1. The highest BCUT2D eigenvalue weighted by Gasteiger charge is 2.03. The molecule has 1 heterocycles. The maximum atomic E-state index is 11.8. The molecule has 1 aromatic carbocycles. The highest BCUT2D eigenvalue weighted by atomic mass is 16.1. The number of benzene rings is 1. The number of anilines is 1. The van der Waals surface area contributed by atoms with Crippen LogP contribution in [0.15, 0.2) is 42.5 Å². The van der Waals surface area contributed by atoms with Gasteiger partial charge in [0.05, 0.1) is 12.2 Å². The Hall–Kier alpha value is -2.36. The summed E-state index contributed by atoms with van der Waals surface area (Å²) >= 11 is 0. The van der Waals surface area contributed by atoms with Crippen LogP contribution in [0, 0.1) is 6.92 Å². The molecule has 0 atom stereocenters. The Balaban J connectivity index is 1.77. The molecule has 0 aliphatic rings. The molecule has 0 spiro atoms. The van der Waals surface area contributed by atoms with Crippen LogP contribution in [-0.4, -0.2) is 10.9 Å². The van der Waals surface area contributed by atoms with Crippen LogP contribution in [0.1, 0.15) is 23.4 Å². The molecule has 0 fully saturated rings. The quantitative estimate of drug-likeness (QED) is 0.818. The molecule has 1 aromatic heterocycles. The third-order valence-corrected chi connectivity index (χ3v) is 3.03. The predicted octanol–water partition coefficient (Wildman–Crippen LogP) is 2.22. The van der Waals surface area contributed by atoms with E-state index in [4.69, 9.17) is 5.73 Å². The number of rotatable bonds is 5. The number of hydrogen-bond donors (Lipinski definition) is 2.